The van der Waals surface area contributed by atoms with Crippen molar-refractivity contribution < 1.29 is 28.1 Å². The molecule has 6 nitrogen and oxygen atoms in total. The van der Waals surface area contributed by atoms with E-state index in [0.717, 1.165) is 8.88 Å². The molecular formula is C18H24FIInNO5. The molecule has 0 radical (unpaired) electrons. The number of carbonyl (C=O) groups is 1. The molecular weight excluding hydrogens is 571 g/mol. The van der Waals surface area contributed by atoms with Crippen molar-refractivity contribution in [3.63, 3.8) is 0 Å². The summed E-state index contributed by atoms with van der Waals surface area (Å²) >= 11 is -0.257. The average Bonchev–Trinajstić information content (AvgIpc) is 3.07. The number of halogens is 2. The summed E-state index contributed by atoms with van der Waals surface area (Å²) in [6.45, 7) is 6.49. The second-order valence-corrected chi connectivity index (χ2v) is 18.1. The molecule has 2 unspecified atom stereocenters. The predicted octanol–water partition coefficient (Wildman–Crippen LogP) is 2.50. The summed E-state index contributed by atoms with van der Waals surface area (Å²) in [5.41, 5.74) is 0.299. The van der Waals surface area contributed by atoms with Crippen LogP contribution in [0.3, 0.4) is 0 Å². The molecule has 1 aromatic rings. The average molecular weight is 595 g/mol. The van der Waals surface area contributed by atoms with Crippen LogP contribution in [0.15, 0.2) is 6.07 Å². The summed E-state index contributed by atoms with van der Waals surface area (Å²) in [7, 11) is 1.60. The molecule has 0 aromatic heterocycles. The fraction of sp³-hybridized carbons (Fsp3) is 0.611. The second kappa shape index (κ2) is 8.62. The Hall–Kier alpha value is -0.260. The molecule has 2 aliphatic heterocycles. The van der Waals surface area contributed by atoms with Crippen molar-refractivity contribution in [2.75, 3.05) is 27.1 Å². The molecule has 0 aliphatic carbocycles. The summed E-state index contributed by atoms with van der Waals surface area (Å²) in [5, 5.41) is 3.00. The van der Waals surface area contributed by atoms with Crippen LogP contribution in [0.5, 0.6) is 5.75 Å². The van der Waals surface area contributed by atoms with E-state index in [9.17, 15) is 9.18 Å². The Kier molecular flexibility index (Phi) is 6.85. The van der Waals surface area contributed by atoms with E-state index in [4.69, 9.17) is 18.9 Å². The number of benzene rings is 1. The molecule has 0 saturated carbocycles. The molecule has 1 N–H and O–H groups in total. The van der Waals surface area contributed by atoms with Gasteiger partial charge in [0.05, 0.1) is 0 Å². The van der Waals surface area contributed by atoms with Crippen LogP contribution in [0.4, 0.5) is 9.18 Å². The Balaban J connectivity index is 1.64. The third-order valence-electron chi connectivity index (χ3n) is 4.69. The van der Waals surface area contributed by atoms with Crippen LogP contribution in [-0.2, 0) is 20.6 Å². The fourth-order valence-corrected chi connectivity index (χ4v) is 16.6. The zero-order chi connectivity index (χ0) is 19.8. The molecule has 2 atom stereocenters. The van der Waals surface area contributed by atoms with Gasteiger partial charge in [0, 0.05) is 0 Å². The van der Waals surface area contributed by atoms with Crippen molar-refractivity contribution in [3.8, 4) is 5.75 Å². The topological polar surface area (TPSA) is 66.0 Å². The SMILES string of the molecule is COCCOCOc1c[c]2c(c(F)c1I)C[CH]1[CH](NC(=O)OC(C)(C)C)[In]21. The number of hydrogen-bond acceptors (Lipinski definition) is 5. The van der Waals surface area contributed by atoms with E-state index in [2.05, 4.69) is 5.32 Å². The van der Waals surface area contributed by atoms with Crippen molar-refractivity contribution in [1.29, 1.82) is 0 Å². The maximum absolute atomic E-state index is 14.8. The van der Waals surface area contributed by atoms with Crippen molar-refractivity contribution in [1.82, 2.24) is 5.32 Å². The second-order valence-electron chi connectivity index (χ2n) is 7.80. The van der Waals surface area contributed by atoms with Crippen LogP contribution in [0.1, 0.15) is 26.3 Å². The van der Waals surface area contributed by atoms with Gasteiger partial charge >= 0.3 is 181 Å². The number of nitrogens with one attached hydrogen (secondary N) is 1. The first kappa shape index (κ1) is 21.4. The van der Waals surface area contributed by atoms with Gasteiger partial charge in [-0.15, -0.1) is 0 Å². The minimum atomic E-state index is -2.24. The van der Waals surface area contributed by atoms with Crippen molar-refractivity contribution in [2.45, 2.75) is 40.3 Å². The number of methoxy groups -OCH3 is 1. The Bertz CT molecular complexity index is 727. The summed E-state index contributed by atoms with van der Waals surface area (Å²) in [6.07, 6.45) is 0.331. The Labute approximate surface area is 180 Å². The van der Waals surface area contributed by atoms with Gasteiger partial charge in [0.25, 0.3) is 0 Å². The number of carbonyl (C=O) groups excluding carboxylic acids is 1. The number of fused-ring (bicyclic) bond motifs is 3. The fourth-order valence-electron chi connectivity index (χ4n) is 3.50. The number of ether oxygens (including phenoxy) is 4. The van der Waals surface area contributed by atoms with E-state index in [0.29, 0.717) is 32.6 Å². The van der Waals surface area contributed by atoms with Gasteiger partial charge in [-0.1, -0.05) is 0 Å². The van der Waals surface area contributed by atoms with Crippen LogP contribution in [-0.4, -0.2) is 64.0 Å². The third kappa shape index (κ3) is 5.02. The first-order valence-corrected chi connectivity index (χ1v) is 15.5. The summed E-state index contributed by atoms with van der Waals surface area (Å²) in [6, 6.07) is 1.97. The zero-order valence-corrected chi connectivity index (χ0v) is 21.4. The molecule has 148 valence electrons. The predicted molar refractivity (Wildman–Crippen MR) is 108 cm³/mol. The standard InChI is InChI=1S/C18H24FINO5.In/c1-18(2,3)26-17(22)21-9-5-6-13-7-8-14(16(20)15(13)19)25-12-24-11-10-23-4;/h5,8-9H,6,10-12H2,1-4H3,(H,21,22);. The van der Waals surface area contributed by atoms with Crippen LogP contribution >= 0.6 is 22.6 Å². The van der Waals surface area contributed by atoms with Gasteiger partial charge in [-0.05, 0) is 0 Å². The van der Waals surface area contributed by atoms with E-state index in [1.165, 1.54) is 0 Å². The van der Waals surface area contributed by atoms with E-state index >= 15 is 0 Å². The Morgan fingerprint density at radius 2 is 2.15 bits per heavy atom. The van der Waals surface area contributed by atoms with Crippen molar-refractivity contribution in [3.05, 3.63) is 21.0 Å². The first-order chi connectivity index (χ1) is 12.7. The summed E-state index contributed by atoms with van der Waals surface area (Å²) in [4.78, 5) is 12.0. The monoisotopic (exact) mass is 595 g/mol. The van der Waals surface area contributed by atoms with E-state index < -0.39 is 27.0 Å². The zero-order valence-electron chi connectivity index (χ0n) is 15.9. The third-order valence-corrected chi connectivity index (χ3v) is 16.4. The van der Waals surface area contributed by atoms with Gasteiger partial charge in [0.2, 0.25) is 0 Å². The van der Waals surface area contributed by atoms with Crippen LogP contribution in [0, 0.1) is 9.39 Å². The molecule has 1 saturated heterocycles. The molecule has 2 heterocycles. The molecule has 1 aromatic carbocycles. The summed E-state index contributed by atoms with van der Waals surface area (Å²) < 4.78 is 38.2. The molecule has 0 spiro atoms. The normalized spacial score (nSPS) is 20.1. The van der Waals surface area contributed by atoms with E-state index in [1.54, 1.807) is 7.11 Å². The molecule has 0 bridgehead atoms. The molecule has 1 fully saturated rings. The maximum atomic E-state index is 14.8. The molecule has 9 heteroatoms. The number of alkyl carbamates (subject to hydrolysis) is 1. The molecule has 3 rings (SSSR count). The first-order valence-electron chi connectivity index (χ1n) is 8.92. The van der Waals surface area contributed by atoms with Gasteiger partial charge in [-0.25, -0.2) is 0 Å². The quantitative estimate of drug-likeness (QED) is 0.299. The van der Waals surface area contributed by atoms with Gasteiger partial charge in [0.15, 0.2) is 0 Å². The van der Waals surface area contributed by atoms with Gasteiger partial charge in [-0.2, -0.15) is 0 Å². The minimum absolute atomic E-state index is 0.0563. The molecule has 1 amide bonds. The van der Waals surface area contributed by atoms with Gasteiger partial charge in [-0.3, -0.25) is 0 Å². The van der Waals surface area contributed by atoms with Gasteiger partial charge in [0.1, 0.15) is 0 Å². The van der Waals surface area contributed by atoms with Crippen molar-refractivity contribution in [2.24, 2.45) is 0 Å². The number of amides is 1. The molecule has 27 heavy (non-hydrogen) atoms. The van der Waals surface area contributed by atoms with Crippen LogP contribution < -0.4 is 13.4 Å². The van der Waals surface area contributed by atoms with Crippen molar-refractivity contribution >= 4 is 53.4 Å². The molecule has 2 aliphatic rings. The van der Waals surface area contributed by atoms with Crippen LogP contribution in [0.25, 0.3) is 0 Å². The van der Waals surface area contributed by atoms with E-state index in [-0.39, 0.29) is 22.5 Å². The van der Waals surface area contributed by atoms with Gasteiger partial charge < -0.3 is 0 Å². The number of hydrogen-bond donors (Lipinski definition) is 1. The van der Waals surface area contributed by atoms with E-state index in [1.807, 2.05) is 49.4 Å². The number of rotatable bonds is 7. The Morgan fingerprint density at radius 3 is 2.81 bits per heavy atom. The Morgan fingerprint density at radius 1 is 1.41 bits per heavy atom. The summed E-state index contributed by atoms with van der Waals surface area (Å²) in [5.74, 6) is 0.337. The van der Waals surface area contributed by atoms with Crippen LogP contribution in [0.2, 0.25) is 3.67 Å².